The first-order valence-electron chi connectivity index (χ1n) is 4.74. The van der Waals surface area contributed by atoms with Crippen LogP contribution in [0.4, 0.5) is 11.4 Å². The first-order chi connectivity index (χ1) is 6.70. The average Bonchev–Trinajstić information content (AvgIpc) is 2.32. The van der Waals surface area contributed by atoms with Crippen LogP contribution in [0.3, 0.4) is 0 Å². The molecule has 0 aliphatic carbocycles. The Morgan fingerprint density at radius 1 is 1.40 bits per heavy atom. The monoisotopic (exact) mass is 274 g/mol. The van der Waals surface area contributed by atoms with E-state index < -0.39 is 0 Å². The number of carbonyl (C=O) groups is 1. The predicted molar refractivity (Wildman–Crippen MR) is 56.9 cm³/mol. The molecule has 1 unspecified atom stereocenters. The van der Waals surface area contributed by atoms with E-state index in [0.717, 1.165) is 11.4 Å². The van der Waals surface area contributed by atoms with E-state index in [-0.39, 0.29) is 70.0 Å². The first kappa shape index (κ1) is 13.4. The summed E-state index contributed by atoms with van der Waals surface area (Å²) in [5.41, 5.74) is 1.81. The van der Waals surface area contributed by atoms with E-state index in [1.807, 2.05) is 31.2 Å². The summed E-state index contributed by atoms with van der Waals surface area (Å²) in [4.78, 5) is 13.5. The van der Waals surface area contributed by atoms with Crippen LogP contribution in [0.25, 0.3) is 5.32 Å². The van der Waals surface area contributed by atoms with E-state index in [1.165, 1.54) is 0 Å². The molecule has 0 radical (unpaired) electrons. The topological polar surface area (TPSA) is 34.4 Å². The maximum Gasteiger partial charge on any atom is 1.00 e. The van der Waals surface area contributed by atoms with Crippen molar-refractivity contribution in [2.45, 2.75) is 6.92 Å². The minimum absolute atomic E-state index is 0. The fraction of sp³-hybridized carbons (Fsp3) is 0.364. The van der Waals surface area contributed by atoms with Gasteiger partial charge in [-0.1, -0.05) is 25.1 Å². The summed E-state index contributed by atoms with van der Waals surface area (Å²) in [7, 11) is 1.80. The summed E-state index contributed by atoms with van der Waals surface area (Å²) in [6.45, 7) is 2.49. The molecule has 1 aliphatic rings. The van der Waals surface area contributed by atoms with Crippen molar-refractivity contribution in [3.05, 3.63) is 29.6 Å². The molecular weight excluding hydrogens is 262 g/mol. The molecule has 0 aromatic heterocycles. The van der Waals surface area contributed by atoms with Gasteiger partial charge in [0.1, 0.15) is 0 Å². The van der Waals surface area contributed by atoms with Gasteiger partial charge in [-0.15, -0.1) is 12.2 Å². The molecule has 1 amide bonds. The number of para-hydroxylation sites is 2. The van der Waals surface area contributed by atoms with Crippen LogP contribution < -0.4 is 63.1 Å². The number of amides is 1. The van der Waals surface area contributed by atoms with Crippen molar-refractivity contribution in [1.29, 1.82) is 0 Å². The SMILES string of the molecule is CC1C[N-]c2ccccc2N(C)C1=O.[Rb+]. The second kappa shape index (κ2) is 5.57. The van der Waals surface area contributed by atoms with Gasteiger partial charge in [0.05, 0.1) is 0 Å². The third-order valence-corrected chi connectivity index (χ3v) is 2.53. The summed E-state index contributed by atoms with van der Waals surface area (Å²) in [6, 6.07) is 7.73. The van der Waals surface area contributed by atoms with Gasteiger partial charge >= 0.3 is 58.2 Å². The molecule has 1 aliphatic heterocycles. The molecule has 1 aromatic rings. The Labute approximate surface area is 139 Å². The third kappa shape index (κ3) is 2.70. The number of hydrogen-bond donors (Lipinski definition) is 0. The summed E-state index contributed by atoms with van der Waals surface area (Å²) in [6.07, 6.45) is 0. The van der Waals surface area contributed by atoms with E-state index in [0.29, 0.717) is 6.54 Å². The van der Waals surface area contributed by atoms with Crippen molar-refractivity contribution in [2.24, 2.45) is 5.92 Å². The van der Waals surface area contributed by atoms with E-state index in [1.54, 1.807) is 11.9 Å². The van der Waals surface area contributed by atoms with Crippen LogP contribution >= 0.6 is 0 Å². The van der Waals surface area contributed by atoms with Crippen LogP contribution in [0.2, 0.25) is 0 Å². The largest absolute Gasteiger partial charge is 1.00 e. The van der Waals surface area contributed by atoms with Gasteiger partial charge in [-0.3, -0.25) is 4.79 Å². The number of rotatable bonds is 0. The Balaban J connectivity index is 0.00000112. The maximum atomic E-state index is 11.8. The van der Waals surface area contributed by atoms with Crippen molar-refractivity contribution in [2.75, 3.05) is 18.5 Å². The van der Waals surface area contributed by atoms with Crippen LogP contribution in [-0.4, -0.2) is 19.5 Å². The number of benzene rings is 1. The van der Waals surface area contributed by atoms with Crippen molar-refractivity contribution < 1.29 is 63.0 Å². The van der Waals surface area contributed by atoms with E-state index in [9.17, 15) is 4.79 Å². The van der Waals surface area contributed by atoms with Crippen molar-refractivity contribution in [1.82, 2.24) is 0 Å². The summed E-state index contributed by atoms with van der Waals surface area (Å²) in [5, 5.41) is 4.41. The quantitative estimate of drug-likeness (QED) is 0.617. The molecule has 0 N–H and O–H groups in total. The Kier molecular flexibility index (Phi) is 4.96. The van der Waals surface area contributed by atoms with Gasteiger partial charge in [-0.25, -0.2) is 0 Å². The van der Waals surface area contributed by atoms with E-state index >= 15 is 0 Å². The minimum Gasteiger partial charge on any atom is -0.682 e. The third-order valence-electron chi connectivity index (χ3n) is 2.53. The fourth-order valence-corrected chi connectivity index (χ4v) is 1.64. The molecule has 1 heterocycles. The molecule has 1 aromatic carbocycles. The molecule has 1 atom stereocenters. The molecule has 2 rings (SSSR count). The van der Waals surface area contributed by atoms with Crippen LogP contribution in [0, 0.1) is 5.92 Å². The van der Waals surface area contributed by atoms with Gasteiger partial charge in [0, 0.05) is 18.7 Å². The Morgan fingerprint density at radius 2 is 2.07 bits per heavy atom. The molecule has 15 heavy (non-hydrogen) atoms. The Hall–Kier alpha value is 0.295. The molecule has 3 nitrogen and oxygen atoms in total. The van der Waals surface area contributed by atoms with Gasteiger partial charge in [-0.05, 0) is 6.07 Å². The fourth-order valence-electron chi connectivity index (χ4n) is 1.64. The summed E-state index contributed by atoms with van der Waals surface area (Å²) in [5.74, 6) is 0.117. The zero-order valence-electron chi connectivity index (χ0n) is 9.40. The van der Waals surface area contributed by atoms with Gasteiger partial charge in [0.2, 0.25) is 5.91 Å². The minimum atomic E-state index is -0.0209. The molecule has 4 heteroatoms. The van der Waals surface area contributed by atoms with Gasteiger partial charge in [-0.2, -0.15) is 0 Å². The molecule has 0 spiro atoms. The molecule has 0 bridgehead atoms. The van der Waals surface area contributed by atoms with Crippen LogP contribution in [0.15, 0.2) is 24.3 Å². The van der Waals surface area contributed by atoms with Crippen molar-refractivity contribution >= 4 is 17.3 Å². The van der Waals surface area contributed by atoms with Crippen molar-refractivity contribution in [3.63, 3.8) is 0 Å². The van der Waals surface area contributed by atoms with Crippen LogP contribution in [-0.2, 0) is 4.79 Å². The summed E-state index contributed by atoms with van der Waals surface area (Å²) < 4.78 is 0. The van der Waals surface area contributed by atoms with Gasteiger partial charge < -0.3 is 10.2 Å². The Bertz CT molecular complexity index is 367. The zero-order chi connectivity index (χ0) is 10.1. The molecule has 0 saturated heterocycles. The standard InChI is InChI=1S/C11H13N2O.Rb/c1-8-7-12-9-5-3-4-6-10(9)13(2)11(8)14;/h3-6,8H,7H2,1-2H3;/q-1;+1. The number of fused-ring (bicyclic) bond motifs is 1. The zero-order valence-corrected chi connectivity index (χ0v) is 14.3. The Morgan fingerprint density at radius 3 is 2.80 bits per heavy atom. The molecular formula is C11H13N2ORb. The van der Waals surface area contributed by atoms with E-state index in [2.05, 4.69) is 5.32 Å². The predicted octanol–water partition coefficient (Wildman–Crippen LogP) is -0.692. The average molecular weight is 275 g/mol. The summed E-state index contributed by atoms with van der Waals surface area (Å²) >= 11 is 0. The number of carbonyl (C=O) groups excluding carboxylic acids is 1. The van der Waals surface area contributed by atoms with Crippen LogP contribution in [0.5, 0.6) is 0 Å². The number of nitrogens with zero attached hydrogens (tertiary/aromatic N) is 2. The molecule has 0 fully saturated rings. The second-order valence-corrected chi connectivity index (χ2v) is 3.63. The molecule has 0 saturated carbocycles. The van der Waals surface area contributed by atoms with E-state index in [4.69, 9.17) is 0 Å². The number of anilines is 1. The number of hydrogen-bond acceptors (Lipinski definition) is 1. The maximum absolute atomic E-state index is 11.8. The first-order valence-corrected chi connectivity index (χ1v) is 4.74. The van der Waals surface area contributed by atoms with Gasteiger partial charge in [0.15, 0.2) is 0 Å². The second-order valence-electron chi connectivity index (χ2n) is 3.63. The van der Waals surface area contributed by atoms with Crippen LogP contribution in [0.1, 0.15) is 6.92 Å². The normalized spacial score (nSPS) is 19.7. The molecule has 74 valence electrons. The smallest absolute Gasteiger partial charge is 0.682 e. The van der Waals surface area contributed by atoms with Gasteiger partial charge in [0.25, 0.3) is 0 Å². The van der Waals surface area contributed by atoms with Crippen molar-refractivity contribution in [3.8, 4) is 0 Å².